The molecule has 0 saturated heterocycles. The van der Waals surface area contributed by atoms with E-state index in [2.05, 4.69) is 20.2 Å². The van der Waals surface area contributed by atoms with Crippen LogP contribution >= 0.6 is 23.1 Å². The smallest absolute Gasteiger partial charge is 0.190 e. The Bertz CT molecular complexity index is 386. The Hall–Kier alpha value is -1.01. The Morgan fingerprint density at radius 1 is 1.23 bits per heavy atom. The molecule has 0 aliphatic rings. The zero-order valence-electron chi connectivity index (χ0n) is 6.84. The average Bonchev–Trinajstić information content (AvgIpc) is 2.67. The van der Waals surface area contributed by atoms with Crippen molar-refractivity contribution in [3.63, 3.8) is 0 Å². The van der Waals surface area contributed by atoms with E-state index < -0.39 is 0 Å². The predicted molar refractivity (Wildman–Crippen MR) is 52.7 cm³/mol. The summed E-state index contributed by atoms with van der Waals surface area (Å²) in [5, 5.41) is 8.71. The minimum atomic E-state index is 0.639. The van der Waals surface area contributed by atoms with Crippen LogP contribution < -0.4 is 0 Å². The van der Waals surface area contributed by atoms with Crippen molar-refractivity contribution in [1.82, 2.24) is 20.2 Å². The van der Waals surface area contributed by atoms with E-state index in [0.29, 0.717) is 5.82 Å². The molecule has 0 aliphatic heterocycles. The number of hydrogen-bond donors (Lipinski definition) is 0. The Balaban J connectivity index is 2.36. The first kappa shape index (κ1) is 8.58. The van der Waals surface area contributed by atoms with Crippen molar-refractivity contribution in [2.24, 2.45) is 0 Å². The molecule has 0 aliphatic carbocycles. The van der Waals surface area contributed by atoms with Crippen LogP contribution in [0.25, 0.3) is 10.8 Å². The summed E-state index contributed by atoms with van der Waals surface area (Å²) in [5.41, 5.74) is 0. The van der Waals surface area contributed by atoms with Gasteiger partial charge in [-0.15, -0.1) is 10.2 Å². The van der Waals surface area contributed by atoms with Crippen LogP contribution in [0.2, 0.25) is 0 Å². The molecule has 6 heteroatoms. The molecule has 0 unspecified atom stereocenters. The summed E-state index contributed by atoms with van der Waals surface area (Å²) in [4.78, 5) is 8.17. The maximum Gasteiger partial charge on any atom is 0.190 e. The van der Waals surface area contributed by atoms with Crippen molar-refractivity contribution in [3.8, 4) is 10.8 Å². The van der Waals surface area contributed by atoms with Crippen molar-refractivity contribution in [1.29, 1.82) is 0 Å². The second-order valence-electron chi connectivity index (χ2n) is 2.15. The van der Waals surface area contributed by atoms with Crippen LogP contribution in [0.5, 0.6) is 0 Å². The van der Waals surface area contributed by atoms with Crippen LogP contribution in [-0.4, -0.2) is 26.4 Å². The molecule has 0 amide bonds. The van der Waals surface area contributed by atoms with Crippen molar-refractivity contribution < 1.29 is 0 Å². The highest BCUT2D eigenvalue weighted by Gasteiger charge is 2.06. The van der Waals surface area contributed by atoms with Gasteiger partial charge in [-0.3, -0.25) is 0 Å². The van der Waals surface area contributed by atoms with Gasteiger partial charge in [0.05, 0.1) is 0 Å². The summed E-state index contributed by atoms with van der Waals surface area (Å²) in [6.45, 7) is 0. The molecule has 0 fully saturated rings. The van der Waals surface area contributed by atoms with Gasteiger partial charge in [0.25, 0.3) is 0 Å². The van der Waals surface area contributed by atoms with E-state index >= 15 is 0 Å². The van der Waals surface area contributed by atoms with Gasteiger partial charge in [0.15, 0.2) is 15.2 Å². The first-order valence-corrected chi connectivity index (χ1v) is 5.59. The molecule has 0 N–H and O–H groups in total. The van der Waals surface area contributed by atoms with Crippen LogP contribution in [0, 0.1) is 0 Å². The molecule has 0 bridgehead atoms. The van der Waals surface area contributed by atoms with Crippen molar-refractivity contribution in [2.75, 3.05) is 6.26 Å². The van der Waals surface area contributed by atoms with Gasteiger partial charge in [-0.1, -0.05) is 23.1 Å². The minimum absolute atomic E-state index is 0.639. The first-order chi connectivity index (χ1) is 6.40. The molecule has 4 nitrogen and oxygen atoms in total. The van der Waals surface area contributed by atoms with E-state index in [1.807, 2.05) is 6.26 Å². The van der Waals surface area contributed by atoms with Crippen molar-refractivity contribution in [2.45, 2.75) is 4.34 Å². The number of thioether (sulfide) groups is 1. The van der Waals surface area contributed by atoms with E-state index in [4.69, 9.17) is 0 Å². The summed E-state index contributed by atoms with van der Waals surface area (Å²) in [6.07, 6.45) is 5.36. The first-order valence-electron chi connectivity index (χ1n) is 3.55. The summed E-state index contributed by atoms with van der Waals surface area (Å²) in [6, 6.07) is 1.78. The zero-order valence-corrected chi connectivity index (χ0v) is 8.47. The average molecular weight is 210 g/mol. The van der Waals surface area contributed by atoms with Crippen molar-refractivity contribution >= 4 is 23.1 Å². The van der Waals surface area contributed by atoms with Gasteiger partial charge in [-0.25, -0.2) is 9.97 Å². The van der Waals surface area contributed by atoms with Gasteiger partial charge in [0.2, 0.25) is 0 Å². The van der Waals surface area contributed by atoms with Crippen LogP contribution in [0.15, 0.2) is 22.8 Å². The highest BCUT2D eigenvalue weighted by atomic mass is 32.2. The van der Waals surface area contributed by atoms with E-state index in [1.165, 1.54) is 11.3 Å². The second kappa shape index (κ2) is 3.80. The fourth-order valence-electron chi connectivity index (χ4n) is 0.792. The third kappa shape index (κ3) is 1.84. The van der Waals surface area contributed by atoms with E-state index in [1.54, 1.807) is 30.2 Å². The lowest BCUT2D eigenvalue weighted by molar-refractivity contribution is 1.00. The lowest BCUT2D eigenvalue weighted by Gasteiger charge is -1.88. The number of hydrogen-bond acceptors (Lipinski definition) is 6. The number of nitrogens with zero attached hydrogens (tertiary/aromatic N) is 4. The molecule has 0 atom stereocenters. The summed E-state index contributed by atoms with van der Waals surface area (Å²) in [7, 11) is 0. The molecule has 0 aromatic carbocycles. The van der Waals surface area contributed by atoms with E-state index in [-0.39, 0.29) is 0 Å². The SMILES string of the molecule is CSc1nnc(-c2ncccn2)s1. The van der Waals surface area contributed by atoms with Gasteiger partial charge in [-0.2, -0.15) is 0 Å². The predicted octanol–water partition coefficient (Wildman–Crippen LogP) is 1.72. The number of rotatable bonds is 2. The Morgan fingerprint density at radius 3 is 2.62 bits per heavy atom. The molecule has 0 saturated carbocycles. The molecule has 0 radical (unpaired) electrons. The summed E-state index contributed by atoms with van der Waals surface area (Å²) >= 11 is 3.08. The molecular formula is C7H6N4S2. The fraction of sp³-hybridized carbons (Fsp3) is 0.143. The summed E-state index contributed by atoms with van der Waals surface area (Å²) < 4.78 is 0.933. The lowest BCUT2D eigenvalue weighted by atomic mass is 10.6. The van der Waals surface area contributed by atoms with Crippen molar-refractivity contribution in [3.05, 3.63) is 18.5 Å². The van der Waals surface area contributed by atoms with Crippen LogP contribution in [-0.2, 0) is 0 Å². The highest BCUT2D eigenvalue weighted by Crippen LogP contribution is 2.24. The van der Waals surface area contributed by atoms with Gasteiger partial charge < -0.3 is 0 Å². The topological polar surface area (TPSA) is 51.6 Å². The Labute approximate surface area is 83.5 Å². The third-order valence-corrected chi connectivity index (χ3v) is 3.23. The maximum absolute atomic E-state index is 4.08. The molecule has 0 spiro atoms. The van der Waals surface area contributed by atoms with Crippen LogP contribution in [0.1, 0.15) is 0 Å². The molecule has 13 heavy (non-hydrogen) atoms. The van der Waals surface area contributed by atoms with Gasteiger partial charge in [0, 0.05) is 12.4 Å². The quantitative estimate of drug-likeness (QED) is 0.706. The Morgan fingerprint density at radius 2 is 2.00 bits per heavy atom. The maximum atomic E-state index is 4.08. The molecule has 2 aromatic heterocycles. The lowest BCUT2D eigenvalue weighted by Crippen LogP contribution is -1.84. The minimum Gasteiger partial charge on any atom is -0.234 e. The monoisotopic (exact) mass is 210 g/mol. The Kier molecular flexibility index (Phi) is 2.51. The van der Waals surface area contributed by atoms with Gasteiger partial charge >= 0.3 is 0 Å². The second-order valence-corrected chi connectivity index (χ2v) is 4.18. The standard InChI is InChI=1S/C7H6N4S2/c1-12-7-11-10-6(13-7)5-8-3-2-4-9-5/h2-4H,1H3. The largest absolute Gasteiger partial charge is 0.234 e. The molecule has 2 heterocycles. The van der Waals surface area contributed by atoms with E-state index in [0.717, 1.165) is 9.35 Å². The molecule has 2 rings (SSSR count). The van der Waals surface area contributed by atoms with Crippen LogP contribution in [0.3, 0.4) is 0 Å². The normalized spacial score (nSPS) is 10.2. The van der Waals surface area contributed by atoms with Gasteiger partial charge in [0.1, 0.15) is 0 Å². The highest BCUT2D eigenvalue weighted by molar-refractivity contribution is 8.00. The molecule has 66 valence electrons. The molecular weight excluding hydrogens is 204 g/mol. The van der Waals surface area contributed by atoms with Crippen LogP contribution in [0.4, 0.5) is 0 Å². The zero-order chi connectivity index (χ0) is 9.10. The summed E-state index contributed by atoms with van der Waals surface area (Å²) in [5.74, 6) is 0.639. The fourth-order valence-corrected chi connectivity index (χ4v) is 2.01. The van der Waals surface area contributed by atoms with E-state index in [9.17, 15) is 0 Å². The molecule has 2 aromatic rings. The third-order valence-electron chi connectivity index (χ3n) is 1.34. The number of aromatic nitrogens is 4. The van der Waals surface area contributed by atoms with Gasteiger partial charge in [-0.05, 0) is 12.3 Å².